The lowest BCUT2D eigenvalue weighted by Gasteiger charge is -2.28. The molecule has 0 radical (unpaired) electrons. The minimum absolute atomic E-state index is 0.0230. The third-order valence-electron chi connectivity index (χ3n) is 3.49. The molecule has 0 unspecified atom stereocenters. The van der Waals surface area contributed by atoms with Crippen molar-refractivity contribution < 1.29 is 13.2 Å². The Morgan fingerprint density at radius 2 is 2.20 bits per heavy atom. The number of aromatic nitrogens is 2. The quantitative estimate of drug-likeness (QED) is 0.742. The van der Waals surface area contributed by atoms with Crippen LogP contribution in [0.5, 0.6) is 0 Å². The molecule has 1 aromatic rings. The molecule has 1 saturated carbocycles. The van der Waals surface area contributed by atoms with Crippen LogP contribution in [-0.4, -0.2) is 58.8 Å². The number of nitrogens with zero attached hydrogens (tertiary/aromatic N) is 3. The van der Waals surface area contributed by atoms with Crippen molar-refractivity contribution in [1.82, 2.24) is 15.1 Å². The second-order valence-electron chi connectivity index (χ2n) is 5.08. The van der Waals surface area contributed by atoms with E-state index >= 15 is 0 Å². The fourth-order valence-corrected chi connectivity index (χ4v) is 5.55. The first-order valence-corrected chi connectivity index (χ1v) is 10.1. The zero-order valence-electron chi connectivity index (χ0n) is 10.8. The molecule has 2 fully saturated rings. The third-order valence-corrected chi connectivity index (χ3v) is 7.08. The van der Waals surface area contributed by atoms with Crippen LogP contribution >= 0.6 is 23.1 Å². The Morgan fingerprint density at radius 1 is 1.40 bits per heavy atom. The molecule has 1 saturated heterocycles. The summed E-state index contributed by atoms with van der Waals surface area (Å²) in [5, 5.41) is 7.63. The molecule has 2 heterocycles. The highest BCUT2D eigenvalue weighted by molar-refractivity contribution is 8.01. The Bertz CT molecular complexity index is 583. The lowest BCUT2D eigenvalue weighted by Crippen LogP contribution is -2.43. The van der Waals surface area contributed by atoms with E-state index in [1.807, 2.05) is 4.90 Å². The van der Waals surface area contributed by atoms with Gasteiger partial charge in [-0.15, -0.1) is 10.2 Å². The van der Waals surface area contributed by atoms with Crippen LogP contribution in [0.25, 0.3) is 0 Å². The molecule has 9 heteroatoms. The van der Waals surface area contributed by atoms with Crippen molar-refractivity contribution in [2.75, 3.05) is 17.3 Å². The number of hydrogen-bond acceptors (Lipinski definition) is 7. The zero-order valence-corrected chi connectivity index (χ0v) is 13.2. The molecule has 0 N–H and O–H groups in total. The summed E-state index contributed by atoms with van der Waals surface area (Å²) >= 11 is 2.78. The van der Waals surface area contributed by atoms with Crippen molar-refractivity contribution >= 4 is 38.8 Å². The highest BCUT2D eigenvalue weighted by Gasteiger charge is 2.41. The second-order valence-corrected chi connectivity index (χ2v) is 9.37. The fraction of sp³-hybridized carbons (Fsp3) is 0.727. The predicted octanol–water partition coefficient (Wildman–Crippen LogP) is 0.808. The topological polar surface area (TPSA) is 80.2 Å². The minimum Gasteiger partial charge on any atom is -0.335 e. The first kappa shape index (κ1) is 14.3. The number of sulfone groups is 1. The van der Waals surface area contributed by atoms with Gasteiger partial charge < -0.3 is 4.90 Å². The third kappa shape index (κ3) is 3.32. The summed E-state index contributed by atoms with van der Waals surface area (Å²) in [6.45, 7) is 0. The van der Waals surface area contributed by atoms with Crippen LogP contribution in [-0.2, 0) is 14.6 Å². The van der Waals surface area contributed by atoms with Crippen LogP contribution in [0.3, 0.4) is 0 Å². The molecular weight excluding hydrogens is 318 g/mol. The number of carbonyl (C=O) groups is 1. The van der Waals surface area contributed by atoms with E-state index in [4.69, 9.17) is 0 Å². The van der Waals surface area contributed by atoms with E-state index in [0.29, 0.717) is 12.2 Å². The summed E-state index contributed by atoms with van der Waals surface area (Å²) in [4.78, 5) is 14.2. The van der Waals surface area contributed by atoms with E-state index in [2.05, 4.69) is 10.2 Å². The summed E-state index contributed by atoms with van der Waals surface area (Å²) in [6.07, 6.45) is 2.56. The van der Waals surface area contributed by atoms with Gasteiger partial charge in [-0.1, -0.05) is 23.1 Å². The van der Waals surface area contributed by atoms with Gasteiger partial charge in [-0.25, -0.2) is 8.42 Å². The average Bonchev–Trinajstić information content (AvgIpc) is 2.95. The molecule has 0 bridgehead atoms. The van der Waals surface area contributed by atoms with Crippen LogP contribution in [0.15, 0.2) is 9.85 Å². The Morgan fingerprint density at radius 3 is 2.75 bits per heavy atom. The van der Waals surface area contributed by atoms with Crippen molar-refractivity contribution in [1.29, 1.82) is 0 Å². The number of thioether (sulfide) groups is 1. The Hall–Kier alpha value is -0.670. The fourth-order valence-electron chi connectivity index (χ4n) is 2.48. The van der Waals surface area contributed by atoms with Gasteiger partial charge in [0.2, 0.25) is 5.91 Å². The van der Waals surface area contributed by atoms with Crippen LogP contribution in [0, 0.1) is 0 Å². The highest BCUT2D eigenvalue weighted by Crippen LogP contribution is 2.33. The Kier molecular flexibility index (Phi) is 4.00. The van der Waals surface area contributed by atoms with Gasteiger partial charge in [0.15, 0.2) is 14.2 Å². The normalized spacial score (nSPS) is 24.7. The molecule has 1 aliphatic heterocycles. The Balaban J connectivity index is 1.63. The molecule has 0 spiro atoms. The van der Waals surface area contributed by atoms with Gasteiger partial charge in [-0.05, 0) is 19.3 Å². The Labute approximate surface area is 125 Å². The van der Waals surface area contributed by atoms with Gasteiger partial charge in [0.05, 0.1) is 17.3 Å². The molecular formula is C11H15N3O3S3. The molecule has 1 atom stereocenters. The van der Waals surface area contributed by atoms with Crippen LogP contribution in [0.1, 0.15) is 19.3 Å². The van der Waals surface area contributed by atoms with Crippen molar-refractivity contribution in [3.63, 3.8) is 0 Å². The number of amides is 1. The van der Waals surface area contributed by atoms with Crippen molar-refractivity contribution in [2.45, 2.75) is 35.7 Å². The van der Waals surface area contributed by atoms with E-state index in [1.165, 1.54) is 23.1 Å². The average molecular weight is 333 g/mol. The van der Waals surface area contributed by atoms with E-state index in [0.717, 1.165) is 17.2 Å². The smallest absolute Gasteiger partial charge is 0.233 e. The molecule has 1 aromatic heterocycles. The molecule has 1 aliphatic carbocycles. The van der Waals surface area contributed by atoms with Crippen molar-refractivity contribution in [3.8, 4) is 0 Å². The first-order valence-electron chi connectivity index (χ1n) is 6.46. The maximum Gasteiger partial charge on any atom is 0.233 e. The lowest BCUT2D eigenvalue weighted by atomic mass is 10.2. The largest absolute Gasteiger partial charge is 0.335 e. The predicted molar refractivity (Wildman–Crippen MR) is 77.6 cm³/mol. The monoisotopic (exact) mass is 333 g/mol. The van der Waals surface area contributed by atoms with Crippen LogP contribution in [0.2, 0.25) is 0 Å². The molecule has 110 valence electrons. The zero-order chi connectivity index (χ0) is 14.2. The van der Waals surface area contributed by atoms with Crippen LogP contribution in [0.4, 0.5) is 0 Å². The molecule has 1 amide bonds. The van der Waals surface area contributed by atoms with Crippen LogP contribution < -0.4 is 0 Å². The van der Waals surface area contributed by atoms with Gasteiger partial charge in [0.1, 0.15) is 5.51 Å². The summed E-state index contributed by atoms with van der Waals surface area (Å²) in [5.74, 6) is 0.661. The molecule has 3 rings (SSSR count). The minimum atomic E-state index is -2.96. The number of carbonyl (C=O) groups excluding carboxylic acids is 1. The molecule has 2 aliphatic rings. The maximum atomic E-state index is 12.4. The summed E-state index contributed by atoms with van der Waals surface area (Å²) in [5.41, 5.74) is 1.63. The van der Waals surface area contributed by atoms with Gasteiger partial charge in [-0.3, -0.25) is 4.79 Å². The van der Waals surface area contributed by atoms with Crippen molar-refractivity contribution in [2.24, 2.45) is 0 Å². The van der Waals surface area contributed by atoms with Gasteiger partial charge in [0.25, 0.3) is 0 Å². The molecule has 0 aromatic carbocycles. The number of rotatable bonds is 5. The van der Waals surface area contributed by atoms with E-state index in [1.54, 1.807) is 5.51 Å². The number of hydrogen-bond donors (Lipinski definition) is 0. The standard InChI is InChI=1S/C11H15N3O3S3/c15-10(5-18-11-13-12-7-19-11)14(8-1-2-8)9-3-4-20(16,17)6-9/h7-9H,1-6H2/t9-/m0/s1. The highest BCUT2D eigenvalue weighted by atomic mass is 32.2. The molecule has 6 nitrogen and oxygen atoms in total. The lowest BCUT2D eigenvalue weighted by molar-refractivity contribution is -0.130. The summed E-state index contributed by atoms with van der Waals surface area (Å²) in [7, 11) is -2.96. The second kappa shape index (κ2) is 5.61. The summed E-state index contributed by atoms with van der Waals surface area (Å²) in [6, 6.07) is 0.117. The van der Waals surface area contributed by atoms with Gasteiger partial charge in [-0.2, -0.15) is 0 Å². The van der Waals surface area contributed by atoms with Crippen molar-refractivity contribution in [3.05, 3.63) is 5.51 Å². The molecule has 20 heavy (non-hydrogen) atoms. The van der Waals surface area contributed by atoms with E-state index in [9.17, 15) is 13.2 Å². The maximum absolute atomic E-state index is 12.4. The van der Waals surface area contributed by atoms with E-state index in [-0.39, 0.29) is 29.5 Å². The first-order chi connectivity index (χ1) is 9.55. The SMILES string of the molecule is O=C(CSc1nncs1)N(C1CC1)[C@H]1CCS(=O)(=O)C1. The van der Waals surface area contributed by atoms with E-state index < -0.39 is 9.84 Å². The summed E-state index contributed by atoms with van der Waals surface area (Å²) < 4.78 is 24.0. The van der Waals surface area contributed by atoms with Gasteiger partial charge >= 0.3 is 0 Å². The van der Waals surface area contributed by atoms with Gasteiger partial charge in [0, 0.05) is 12.1 Å².